The Bertz CT molecular complexity index is 400. The van der Waals surface area contributed by atoms with Crippen molar-refractivity contribution in [2.75, 3.05) is 0 Å². The van der Waals surface area contributed by atoms with Crippen molar-refractivity contribution in [3.63, 3.8) is 0 Å². The predicted molar refractivity (Wildman–Crippen MR) is 81.8 cm³/mol. The van der Waals surface area contributed by atoms with Crippen LogP contribution in [0.4, 0.5) is 0 Å². The summed E-state index contributed by atoms with van der Waals surface area (Å²) in [5, 5.41) is 0. The molecule has 0 heterocycles. The van der Waals surface area contributed by atoms with Crippen LogP contribution in [0.3, 0.4) is 0 Å². The molecule has 1 unspecified atom stereocenters. The summed E-state index contributed by atoms with van der Waals surface area (Å²) in [5.74, 6) is 6.69. The monoisotopic (exact) mass is 260 g/mol. The molecule has 0 bridgehead atoms. The fourth-order valence-electron chi connectivity index (χ4n) is 3.35. The molecule has 0 spiro atoms. The highest BCUT2D eigenvalue weighted by Crippen LogP contribution is 2.36. The molecule has 106 valence electrons. The van der Waals surface area contributed by atoms with Crippen molar-refractivity contribution in [3.8, 4) is 0 Å². The lowest BCUT2D eigenvalue weighted by Crippen LogP contribution is -2.31. The lowest BCUT2D eigenvalue weighted by atomic mass is 9.80. The van der Waals surface area contributed by atoms with Crippen LogP contribution < -0.4 is 11.3 Å². The molecule has 1 aliphatic carbocycles. The zero-order valence-corrected chi connectivity index (χ0v) is 12.6. The molecule has 1 aromatic carbocycles. The number of benzene rings is 1. The molecule has 1 atom stereocenters. The van der Waals surface area contributed by atoms with Gasteiger partial charge in [-0.3, -0.25) is 11.3 Å². The molecule has 0 radical (unpaired) electrons. The number of nitrogens with two attached hydrogens (primary N) is 1. The molecule has 1 saturated carbocycles. The highest BCUT2D eigenvalue weighted by molar-refractivity contribution is 5.35. The maximum absolute atomic E-state index is 5.85. The minimum atomic E-state index is 0.168. The zero-order valence-electron chi connectivity index (χ0n) is 12.6. The second-order valence-electron chi connectivity index (χ2n) is 6.94. The second kappa shape index (κ2) is 6.06. The van der Waals surface area contributed by atoms with Crippen molar-refractivity contribution in [3.05, 3.63) is 35.4 Å². The van der Waals surface area contributed by atoms with Gasteiger partial charge in [0.1, 0.15) is 0 Å². The lowest BCUT2D eigenvalue weighted by Gasteiger charge is -2.28. The van der Waals surface area contributed by atoms with E-state index >= 15 is 0 Å². The van der Waals surface area contributed by atoms with Gasteiger partial charge in [0.2, 0.25) is 0 Å². The van der Waals surface area contributed by atoms with Crippen LogP contribution in [-0.4, -0.2) is 0 Å². The third-order valence-corrected chi connectivity index (χ3v) is 4.39. The summed E-state index contributed by atoms with van der Waals surface area (Å²) in [5.41, 5.74) is 6.02. The molecule has 2 heteroatoms. The number of hydrogen-bond acceptors (Lipinski definition) is 2. The molecule has 0 aliphatic heterocycles. The Kier molecular flexibility index (Phi) is 4.64. The second-order valence-corrected chi connectivity index (χ2v) is 6.94. The largest absolute Gasteiger partial charge is 0.271 e. The molecule has 3 N–H and O–H groups in total. The van der Waals surface area contributed by atoms with Gasteiger partial charge in [0, 0.05) is 6.04 Å². The maximum atomic E-state index is 5.85. The fourth-order valence-corrected chi connectivity index (χ4v) is 3.35. The summed E-state index contributed by atoms with van der Waals surface area (Å²) in [7, 11) is 0. The number of hydrogen-bond donors (Lipinski definition) is 2. The number of nitrogens with one attached hydrogen (secondary N) is 1. The maximum Gasteiger partial charge on any atom is 0.0465 e. The predicted octanol–water partition coefficient (Wildman–Crippen LogP) is 4.07. The summed E-state index contributed by atoms with van der Waals surface area (Å²) in [6.07, 6.45) is 6.70. The summed E-state index contributed by atoms with van der Waals surface area (Å²) in [4.78, 5) is 0. The van der Waals surface area contributed by atoms with E-state index in [9.17, 15) is 0 Å². The summed E-state index contributed by atoms with van der Waals surface area (Å²) in [6, 6.07) is 9.03. The van der Waals surface area contributed by atoms with E-state index in [1.807, 2.05) is 0 Å². The van der Waals surface area contributed by atoms with E-state index in [0.717, 1.165) is 5.92 Å². The summed E-state index contributed by atoms with van der Waals surface area (Å²) >= 11 is 0. The van der Waals surface area contributed by atoms with Crippen molar-refractivity contribution in [1.29, 1.82) is 0 Å². The van der Waals surface area contributed by atoms with E-state index in [4.69, 9.17) is 5.84 Å². The van der Waals surface area contributed by atoms with Gasteiger partial charge < -0.3 is 0 Å². The topological polar surface area (TPSA) is 38.0 Å². The molecule has 0 saturated heterocycles. The Morgan fingerprint density at radius 1 is 1.21 bits per heavy atom. The standard InChI is InChI=1S/C17H28N2/c1-17(2,3)15-11-7-6-10-14(15)16(19-18)12-13-8-4-5-9-13/h6-7,10-11,13,16,19H,4-5,8-9,12,18H2,1-3H3. The van der Waals surface area contributed by atoms with Crippen LogP contribution in [-0.2, 0) is 5.41 Å². The Morgan fingerprint density at radius 2 is 1.84 bits per heavy atom. The molecule has 2 nitrogen and oxygen atoms in total. The lowest BCUT2D eigenvalue weighted by molar-refractivity contribution is 0.394. The van der Waals surface area contributed by atoms with Gasteiger partial charge in [0.15, 0.2) is 0 Å². The summed E-state index contributed by atoms with van der Waals surface area (Å²) < 4.78 is 0. The van der Waals surface area contributed by atoms with Crippen molar-refractivity contribution < 1.29 is 0 Å². The van der Waals surface area contributed by atoms with Crippen LogP contribution in [0.25, 0.3) is 0 Å². The molecular weight excluding hydrogens is 232 g/mol. The number of hydrazine groups is 1. The zero-order chi connectivity index (χ0) is 13.9. The van der Waals surface area contributed by atoms with Crippen LogP contribution in [0, 0.1) is 5.92 Å². The van der Waals surface area contributed by atoms with Crippen LogP contribution >= 0.6 is 0 Å². The van der Waals surface area contributed by atoms with E-state index in [1.54, 1.807) is 0 Å². The van der Waals surface area contributed by atoms with E-state index in [-0.39, 0.29) is 5.41 Å². The first kappa shape index (κ1) is 14.5. The first-order valence-corrected chi connectivity index (χ1v) is 7.58. The van der Waals surface area contributed by atoms with Crippen molar-refractivity contribution >= 4 is 0 Å². The Hall–Kier alpha value is -0.860. The van der Waals surface area contributed by atoms with Gasteiger partial charge in [-0.2, -0.15) is 0 Å². The molecular formula is C17H28N2. The molecule has 1 aliphatic rings. The van der Waals surface area contributed by atoms with E-state index in [2.05, 4.69) is 50.5 Å². The van der Waals surface area contributed by atoms with Crippen molar-refractivity contribution in [1.82, 2.24) is 5.43 Å². The third-order valence-electron chi connectivity index (χ3n) is 4.39. The molecule has 2 rings (SSSR count). The average Bonchev–Trinajstić information content (AvgIpc) is 2.88. The van der Waals surface area contributed by atoms with Crippen molar-refractivity contribution in [2.45, 2.75) is 64.3 Å². The van der Waals surface area contributed by atoms with E-state index in [0.29, 0.717) is 6.04 Å². The Labute approximate surface area is 117 Å². The molecule has 0 aromatic heterocycles. The first-order chi connectivity index (χ1) is 9.02. The van der Waals surface area contributed by atoms with E-state index < -0.39 is 0 Å². The number of rotatable bonds is 4. The fraction of sp³-hybridized carbons (Fsp3) is 0.647. The van der Waals surface area contributed by atoms with Gasteiger partial charge in [-0.15, -0.1) is 0 Å². The minimum absolute atomic E-state index is 0.168. The molecule has 19 heavy (non-hydrogen) atoms. The van der Waals surface area contributed by atoms with Crippen LogP contribution in [0.15, 0.2) is 24.3 Å². The van der Waals surface area contributed by atoms with Gasteiger partial charge in [0.05, 0.1) is 0 Å². The SMILES string of the molecule is CC(C)(C)c1ccccc1C(CC1CCCC1)NN. The van der Waals surface area contributed by atoms with Crippen LogP contribution in [0.5, 0.6) is 0 Å². The quantitative estimate of drug-likeness (QED) is 0.632. The molecule has 1 fully saturated rings. The van der Waals surface area contributed by atoms with Crippen LogP contribution in [0.1, 0.15) is 70.0 Å². The van der Waals surface area contributed by atoms with Crippen molar-refractivity contribution in [2.24, 2.45) is 11.8 Å². The van der Waals surface area contributed by atoms with Gasteiger partial charge in [-0.05, 0) is 28.9 Å². The van der Waals surface area contributed by atoms with Gasteiger partial charge in [-0.1, -0.05) is 70.7 Å². The normalized spacial score (nSPS) is 18.7. The molecule has 1 aromatic rings. The van der Waals surface area contributed by atoms with Gasteiger partial charge >= 0.3 is 0 Å². The minimum Gasteiger partial charge on any atom is -0.271 e. The highest BCUT2D eigenvalue weighted by atomic mass is 15.2. The van der Waals surface area contributed by atoms with Gasteiger partial charge in [0.25, 0.3) is 0 Å². The van der Waals surface area contributed by atoms with E-state index in [1.165, 1.54) is 43.2 Å². The summed E-state index contributed by atoms with van der Waals surface area (Å²) in [6.45, 7) is 6.82. The van der Waals surface area contributed by atoms with Crippen LogP contribution in [0.2, 0.25) is 0 Å². The smallest absolute Gasteiger partial charge is 0.0465 e. The highest BCUT2D eigenvalue weighted by Gasteiger charge is 2.25. The first-order valence-electron chi connectivity index (χ1n) is 7.58. The molecule has 0 amide bonds. The van der Waals surface area contributed by atoms with Gasteiger partial charge in [-0.25, -0.2) is 0 Å². The third kappa shape index (κ3) is 3.58. The Morgan fingerprint density at radius 3 is 2.42 bits per heavy atom. The average molecular weight is 260 g/mol. The Balaban J connectivity index is 2.22.